The number of aromatic amines is 1. The number of fused-ring (bicyclic) bond motifs is 1. The molecule has 1 aromatic carbocycles. The van der Waals surface area contributed by atoms with E-state index in [9.17, 15) is 4.79 Å². The van der Waals surface area contributed by atoms with Gasteiger partial charge in [0.25, 0.3) is 5.56 Å². The third-order valence-corrected chi connectivity index (χ3v) is 3.38. The molecular weight excluding hydrogens is 294 g/mol. The Labute approximate surface area is 133 Å². The summed E-state index contributed by atoms with van der Waals surface area (Å²) in [6.45, 7) is 4.47. The van der Waals surface area contributed by atoms with E-state index in [1.807, 2.05) is 38.1 Å². The number of hydrogen-bond acceptors (Lipinski definition) is 5. The molecule has 2 heterocycles. The van der Waals surface area contributed by atoms with E-state index in [1.54, 1.807) is 11.7 Å². The summed E-state index contributed by atoms with van der Waals surface area (Å²) < 4.78 is 7.36. The van der Waals surface area contributed by atoms with E-state index in [4.69, 9.17) is 4.74 Å². The summed E-state index contributed by atoms with van der Waals surface area (Å²) >= 11 is 0. The normalized spacial score (nSPS) is 11.1. The fraction of sp³-hybridized carbons (Fsp3) is 0.312. The average Bonchev–Trinajstić information content (AvgIpc) is 2.88. The van der Waals surface area contributed by atoms with E-state index in [0.717, 1.165) is 11.3 Å². The first kappa shape index (κ1) is 15.1. The van der Waals surface area contributed by atoms with Gasteiger partial charge in [-0.15, -0.1) is 0 Å². The Kier molecular flexibility index (Phi) is 4.01. The van der Waals surface area contributed by atoms with Crippen LogP contribution in [0.2, 0.25) is 0 Å². The summed E-state index contributed by atoms with van der Waals surface area (Å²) in [5, 5.41) is 7.66. The Bertz CT molecular complexity index is 882. The average molecular weight is 313 g/mol. The summed E-state index contributed by atoms with van der Waals surface area (Å²) in [7, 11) is 1.75. The highest BCUT2D eigenvalue weighted by atomic mass is 16.5. The number of benzene rings is 1. The standard InChI is InChI=1S/C16H19N5O2/c1-10(2)23-13-7-5-4-6-11(13)8-17-16-19-14-12(15(22)20-16)9-18-21(14)3/h4-7,9-10H,8H2,1-3H3,(H2,17,19,20,22). The number of aryl methyl sites for hydroxylation is 1. The molecule has 7 nitrogen and oxygen atoms in total. The van der Waals surface area contributed by atoms with E-state index >= 15 is 0 Å². The van der Waals surface area contributed by atoms with Gasteiger partial charge in [0, 0.05) is 19.2 Å². The van der Waals surface area contributed by atoms with Crippen molar-refractivity contribution in [1.29, 1.82) is 0 Å². The number of nitrogens with zero attached hydrogens (tertiary/aromatic N) is 3. The van der Waals surface area contributed by atoms with Crippen molar-refractivity contribution in [3.63, 3.8) is 0 Å². The molecule has 2 N–H and O–H groups in total. The van der Waals surface area contributed by atoms with Crippen molar-refractivity contribution >= 4 is 17.0 Å². The van der Waals surface area contributed by atoms with Gasteiger partial charge in [-0.3, -0.25) is 14.5 Å². The highest BCUT2D eigenvalue weighted by Crippen LogP contribution is 2.20. The molecule has 0 aliphatic heterocycles. The molecule has 23 heavy (non-hydrogen) atoms. The summed E-state index contributed by atoms with van der Waals surface area (Å²) in [5.74, 6) is 1.23. The van der Waals surface area contributed by atoms with Gasteiger partial charge in [0.2, 0.25) is 5.95 Å². The smallest absolute Gasteiger partial charge is 0.263 e. The van der Waals surface area contributed by atoms with Crippen molar-refractivity contribution < 1.29 is 4.74 Å². The molecule has 0 fully saturated rings. The van der Waals surface area contributed by atoms with Gasteiger partial charge in [0.1, 0.15) is 11.1 Å². The Hall–Kier alpha value is -2.83. The van der Waals surface area contributed by atoms with Gasteiger partial charge in [-0.1, -0.05) is 18.2 Å². The van der Waals surface area contributed by atoms with Gasteiger partial charge in [0.15, 0.2) is 5.65 Å². The summed E-state index contributed by atoms with van der Waals surface area (Å²) in [4.78, 5) is 19.1. The van der Waals surface area contributed by atoms with Crippen LogP contribution < -0.4 is 15.6 Å². The van der Waals surface area contributed by atoms with E-state index in [-0.39, 0.29) is 11.7 Å². The second-order valence-electron chi connectivity index (χ2n) is 5.55. The molecule has 0 spiro atoms. The number of H-pyrrole nitrogens is 1. The van der Waals surface area contributed by atoms with Gasteiger partial charge in [-0.25, -0.2) is 0 Å². The fourth-order valence-corrected chi connectivity index (χ4v) is 2.31. The van der Waals surface area contributed by atoms with E-state index in [0.29, 0.717) is 23.5 Å². The van der Waals surface area contributed by atoms with E-state index in [2.05, 4.69) is 20.4 Å². The van der Waals surface area contributed by atoms with Gasteiger partial charge in [-0.2, -0.15) is 10.1 Å². The van der Waals surface area contributed by atoms with Gasteiger partial charge < -0.3 is 10.1 Å². The molecule has 0 amide bonds. The zero-order chi connectivity index (χ0) is 16.4. The number of hydrogen-bond donors (Lipinski definition) is 2. The largest absolute Gasteiger partial charge is 0.491 e. The highest BCUT2D eigenvalue weighted by molar-refractivity contribution is 5.74. The van der Waals surface area contributed by atoms with Crippen molar-refractivity contribution in [3.05, 3.63) is 46.4 Å². The van der Waals surface area contributed by atoms with Crippen LogP contribution >= 0.6 is 0 Å². The number of nitrogens with one attached hydrogen (secondary N) is 2. The number of rotatable bonds is 5. The van der Waals surface area contributed by atoms with Crippen molar-refractivity contribution in [2.45, 2.75) is 26.5 Å². The lowest BCUT2D eigenvalue weighted by Gasteiger charge is -2.14. The Morgan fingerprint density at radius 3 is 2.91 bits per heavy atom. The van der Waals surface area contributed by atoms with Crippen LogP contribution in [0.3, 0.4) is 0 Å². The minimum Gasteiger partial charge on any atom is -0.491 e. The lowest BCUT2D eigenvalue weighted by atomic mass is 10.2. The van der Waals surface area contributed by atoms with Crippen molar-refractivity contribution in [2.75, 3.05) is 5.32 Å². The third-order valence-electron chi connectivity index (χ3n) is 3.38. The Morgan fingerprint density at radius 2 is 2.13 bits per heavy atom. The van der Waals surface area contributed by atoms with Gasteiger partial charge in [-0.05, 0) is 19.9 Å². The molecule has 0 saturated carbocycles. The lowest BCUT2D eigenvalue weighted by molar-refractivity contribution is 0.240. The number of ether oxygens (including phenoxy) is 1. The van der Waals surface area contributed by atoms with Crippen molar-refractivity contribution in [3.8, 4) is 5.75 Å². The number of aromatic nitrogens is 4. The Balaban J connectivity index is 1.84. The van der Waals surface area contributed by atoms with Crippen LogP contribution in [0.15, 0.2) is 35.3 Å². The van der Waals surface area contributed by atoms with Crippen LogP contribution in [0.5, 0.6) is 5.75 Å². The van der Waals surface area contributed by atoms with Crippen LogP contribution in [0.25, 0.3) is 11.0 Å². The minimum atomic E-state index is -0.211. The fourth-order valence-electron chi connectivity index (χ4n) is 2.31. The van der Waals surface area contributed by atoms with Crippen LogP contribution in [0.1, 0.15) is 19.4 Å². The monoisotopic (exact) mass is 313 g/mol. The quantitative estimate of drug-likeness (QED) is 0.753. The molecule has 7 heteroatoms. The molecule has 2 aromatic heterocycles. The first-order valence-electron chi connectivity index (χ1n) is 7.45. The van der Waals surface area contributed by atoms with Gasteiger partial charge >= 0.3 is 0 Å². The third kappa shape index (κ3) is 3.18. The van der Waals surface area contributed by atoms with Crippen molar-refractivity contribution in [2.24, 2.45) is 7.05 Å². The van der Waals surface area contributed by atoms with E-state index < -0.39 is 0 Å². The maximum Gasteiger partial charge on any atom is 0.263 e. The maximum atomic E-state index is 12.0. The first-order chi connectivity index (χ1) is 11.0. The van der Waals surface area contributed by atoms with Crippen LogP contribution in [-0.4, -0.2) is 25.9 Å². The highest BCUT2D eigenvalue weighted by Gasteiger charge is 2.09. The maximum absolute atomic E-state index is 12.0. The summed E-state index contributed by atoms with van der Waals surface area (Å²) in [6.07, 6.45) is 1.61. The molecule has 0 bridgehead atoms. The second kappa shape index (κ2) is 6.12. The van der Waals surface area contributed by atoms with E-state index in [1.165, 1.54) is 6.20 Å². The Morgan fingerprint density at radius 1 is 1.35 bits per heavy atom. The topological polar surface area (TPSA) is 84.8 Å². The first-order valence-corrected chi connectivity index (χ1v) is 7.45. The molecule has 0 aliphatic carbocycles. The number of anilines is 1. The number of para-hydroxylation sites is 1. The predicted molar refractivity (Wildman–Crippen MR) is 88.7 cm³/mol. The predicted octanol–water partition coefficient (Wildman–Crippen LogP) is 2.06. The zero-order valence-corrected chi connectivity index (χ0v) is 13.3. The molecular formula is C16H19N5O2. The van der Waals surface area contributed by atoms with Crippen LogP contribution in [0.4, 0.5) is 5.95 Å². The molecule has 0 radical (unpaired) electrons. The van der Waals surface area contributed by atoms with Gasteiger partial charge in [0.05, 0.1) is 12.3 Å². The second-order valence-corrected chi connectivity index (χ2v) is 5.55. The molecule has 120 valence electrons. The lowest BCUT2D eigenvalue weighted by Crippen LogP contribution is -2.14. The molecule has 3 rings (SSSR count). The summed E-state index contributed by atoms with van der Waals surface area (Å²) in [6, 6.07) is 7.79. The SMILES string of the molecule is CC(C)Oc1ccccc1CNc1nc2c(cnn2C)c(=O)[nH]1. The van der Waals surface area contributed by atoms with Crippen molar-refractivity contribution in [1.82, 2.24) is 19.7 Å². The summed E-state index contributed by atoms with van der Waals surface area (Å²) in [5.41, 5.74) is 1.33. The molecule has 3 aromatic rings. The van der Waals surface area contributed by atoms with Crippen LogP contribution in [0, 0.1) is 0 Å². The molecule has 0 unspecified atom stereocenters. The molecule has 0 saturated heterocycles. The molecule has 0 aliphatic rings. The molecule has 0 atom stereocenters. The minimum absolute atomic E-state index is 0.0971. The zero-order valence-electron chi connectivity index (χ0n) is 13.3. The van der Waals surface area contributed by atoms with Crippen LogP contribution in [-0.2, 0) is 13.6 Å².